The summed E-state index contributed by atoms with van der Waals surface area (Å²) in [5.41, 5.74) is 4.36. The number of carboxylic acid groups (broad SMARTS) is 1. The molecule has 1 atom stereocenters. The molecule has 0 aliphatic heterocycles. The van der Waals surface area contributed by atoms with Gasteiger partial charge in [0.2, 0.25) is 0 Å². The number of rotatable bonds is 11. The van der Waals surface area contributed by atoms with Gasteiger partial charge in [0, 0.05) is 18.4 Å². The third-order valence-electron chi connectivity index (χ3n) is 4.56. The molecule has 0 amide bonds. The number of aryl methyl sites for hydroxylation is 1. The van der Waals surface area contributed by atoms with Crippen LogP contribution in [0.15, 0.2) is 48.6 Å². The molecule has 2 aromatic rings. The molecule has 6 nitrogen and oxygen atoms in total. The van der Waals surface area contributed by atoms with Gasteiger partial charge in [-0.2, -0.15) is 5.26 Å². The summed E-state index contributed by atoms with van der Waals surface area (Å²) in [5, 5.41) is 24.1. The van der Waals surface area contributed by atoms with Gasteiger partial charge in [0.1, 0.15) is 12.4 Å². The van der Waals surface area contributed by atoms with Crippen molar-refractivity contribution in [1.82, 2.24) is 0 Å². The van der Waals surface area contributed by atoms with Gasteiger partial charge < -0.3 is 24.7 Å². The van der Waals surface area contributed by atoms with E-state index in [2.05, 4.69) is 11.9 Å². The molecule has 0 fully saturated rings. The van der Waals surface area contributed by atoms with Crippen LogP contribution in [0.3, 0.4) is 0 Å². The van der Waals surface area contributed by atoms with Crippen LogP contribution in [0.2, 0.25) is 0 Å². The van der Waals surface area contributed by atoms with E-state index in [9.17, 15) is 9.90 Å². The van der Waals surface area contributed by atoms with Gasteiger partial charge in [0.05, 0.1) is 30.3 Å². The monoisotopic (exact) mass is 407 g/mol. The van der Waals surface area contributed by atoms with Crippen LogP contribution in [0.5, 0.6) is 5.75 Å². The lowest BCUT2D eigenvalue weighted by atomic mass is 9.94. The number of ether oxygens (including phenoxy) is 2. The zero-order valence-corrected chi connectivity index (χ0v) is 17.7. The van der Waals surface area contributed by atoms with E-state index >= 15 is 0 Å². The van der Waals surface area contributed by atoms with Gasteiger partial charge in [-0.15, -0.1) is 0 Å². The van der Waals surface area contributed by atoms with Gasteiger partial charge in [-0.25, -0.2) is 0 Å². The Labute approximate surface area is 177 Å². The molecule has 0 aliphatic carbocycles. The molecule has 0 saturated heterocycles. The lowest BCUT2D eigenvalue weighted by Gasteiger charge is -2.26. The van der Waals surface area contributed by atoms with Crippen molar-refractivity contribution in [2.75, 3.05) is 25.6 Å². The number of methoxy groups -OCH3 is 1. The Morgan fingerprint density at radius 2 is 1.97 bits per heavy atom. The summed E-state index contributed by atoms with van der Waals surface area (Å²) in [6, 6.07) is 11.3. The molecule has 0 aromatic heterocycles. The fourth-order valence-electron chi connectivity index (χ4n) is 3.13. The minimum Gasteiger partial charge on any atom is -0.548 e. The summed E-state index contributed by atoms with van der Waals surface area (Å²) in [4.78, 5) is 12.1. The largest absolute Gasteiger partial charge is 0.548 e. The molecular formula is C24H27N2O4-. The smallest absolute Gasteiger partial charge is 0.128 e. The van der Waals surface area contributed by atoms with E-state index in [4.69, 9.17) is 14.7 Å². The second-order valence-corrected chi connectivity index (χ2v) is 7.09. The number of carbonyl (C=O) groups is 1. The number of carbonyl (C=O) groups excluding carboxylic acids is 1. The van der Waals surface area contributed by atoms with E-state index in [1.165, 1.54) is 0 Å². The average molecular weight is 407 g/mol. The van der Waals surface area contributed by atoms with Crippen molar-refractivity contribution in [1.29, 1.82) is 5.26 Å². The Bertz CT molecular complexity index is 929. The maximum atomic E-state index is 12.1. The van der Waals surface area contributed by atoms with Gasteiger partial charge in [0.25, 0.3) is 0 Å². The van der Waals surface area contributed by atoms with Crippen molar-refractivity contribution in [3.05, 3.63) is 70.8 Å². The minimum absolute atomic E-state index is 0.287. The number of nitriles is 1. The van der Waals surface area contributed by atoms with Crippen molar-refractivity contribution in [3.63, 3.8) is 0 Å². The van der Waals surface area contributed by atoms with Crippen LogP contribution in [0.25, 0.3) is 0 Å². The summed E-state index contributed by atoms with van der Waals surface area (Å²) < 4.78 is 11.1. The molecule has 1 N–H and O–H groups in total. The van der Waals surface area contributed by atoms with Gasteiger partial charge in [-0.1, -0.05) is 25.1 Å². The molecular weight excluding hydrogens is 380 g/mol. The van der Waals surface area contributed by atoms with Crippen LogP contribution in [0.4, 0.5) is 5.69 Å². The quantitative estimate of drug-likeness (QED) is 0.454. The first-order chi connectivity index (χ1) is 14.4. The van der Waals surface area contributed by atoms with Crippen molar-refractivity contribution in [2.24, 2.45) is 0 Å². The highest BCUT2D eigenvalue weighted by molar-refractivity contribution is 5.79. The van der Waals surface area contributed by atoms with Gasteiger partial charge >= 0.3 is 0 Å². The third-order valence-corrected chi connectivity index (χ3v) is 4.56. The maximum Gasteiger partial charge on any atom is 0.128 e. The summed E-state index contributed by atoms with van der Waals surface area (Å²) in [6.07, 6.45) is 1.31. The highest BCUT2D eigenvalue weighted by atomic mass is 16.5. The molecule has 0 radical (unpaired) electrons. The minimum atomic E-state index is -1.27. The molecule has 2 rings (SSSR count). The standard InChI is InChI=1S/C24H28N2O4/c1-5-17-13-19(12-16(2)3)23(30-11-10-29-4)21(14-17)22(24(27)28)26-20-8-6-18(15-25)7-9-20/h6-9,13-14,22,26H,2,5,10-12H2,1,3-4H3,(H,27,28)/p-1. The van der Waals surface area contributed by atoms with Crippen LogP contribution < -0.4 is 15.2 Å². The van der Waals surface area contributed by atoms with E-state index in [0.29, 0.717) is 35.6 Å². The van der Waals surface area contributed by atoms with Crippen LogP contribution >= 0.6 is 0 Å². The SMILES string of the molecule is C=C(C)Cc1cc(CC)cc(C(Nc2ccc(C#N)cc2)C(=O)[O-])c1OCCOC. The predicted octanol–water partition coefficient (Wildman–Crippen LogP) is 3.17. The first-order valence-electron chi connectivity index (χ1n) is 9.78. The normalized spacial score (nSPS) is 11.4. The number of benzene rings is 2. The topological polar surface area (TPSA) is 94.4 Å². The number of anilines is 1. The molecule has 2 aromatic carbocycles. The molecule has 0 spiro atoms. The number of nitrogens with zero attached hydrogens (tertiary/aromatic N) is 1. The number of allylic oxidation sites excluding steroid dienone is 1. The van der Waals surface area contributed by atoms with Crippen LogP contribution in [-0.4, -0.2) is 26.3 Å². The van der Waals surface area contributed by atoms with Crippen LogP contribution in [0, 0.1) is 11.3 Å². The van der Waals surface area contributed by atoms with E-state index in [0.717, 1.165) is 23.1 Å². The molecule has 1 unspecified atom stereocenters. The Hall–Kier alpha value is -3.30. The van der Waals surface area contributed by atoms with Crippen LogP contribution in [-0.2, 0) is 22.4 Å². The van der Waals surface area contributed by atoms with Crippen molar-refractivity contribution in [2.45, 2.75) is 32.7 Å². The maximum absolute atomic E-state index is 12.1. The fourth-order valence-corrected chi connectivity index (χ4v) is 3.13. The van der Waals surface area contributed by atoms with Gasteiger partial charge in [0.15, 0.2) is 0 Å². The number of carboxylic acids is 1. The molecule has 30 heavy (non-hydrogen) atoms. The lowest BCUT2D eigenvalue weighted by Crippen LogP contribution is -2.35. The van der Waals surface area contributed by atoms with Crippen molar-refractivity contribution in [3.8, 4) is 11.8 Å². The first-order valence-corrected chi connectivity index (χ1v) is 9.78. The summed E-state index contributed by atoms with van der Waals surface area (Å²) in [6.45, 7) is 8.58. The Morgan fingerprint density at radius 1 is 1.27 bits per heavy atom. The number of aliphatic carboxylic acids is 1. The predicted molar refractivity (Wildman–Crippen MR) is 114 cm³/mol. The van der Waals surface area contributed by atoms with Gasteiger partial charge in [-0.3, -0.25) is 0 Å². The van der Waals surface area contributed by atoms with E-state index in [1.807, 2.05) is 32.0 Å². The van der Waals surface area contributed by atoms with Gasteiger partial charge in [-0.05, 0) is 61.2 Å². The molecule has 158 valence electrons. The highest BCUT2D eigenvalue weighted by Crippen LogP contribution is 2.34. The second-order valence-electron chi connectivity index (χ2n) is 7.09. The van der Waals surface area contributed by atoms with E-state index in [-0.39, 0.29) is 6.61 Å². The molecule has 6 heteroatoms. The molecule has 0 saturated carbocycles. The van der Waals surface area contributed by atoms with Crippen molar-refractivity contribution < 1.29 is 19.4 Å². The van der Waals surface area contributed by atoms with E-state index < -0.39 is 12.0 Å². The van der Waals surface area contributed by atoms with Crippen molar-refractivity contribution >= 4 is 11.7 Å². The molecule has 0 bridgehead atoms. The summed E-state index contributed by atoms with van der Waals surface area (Å²) in [7, 11) is 1.58. The van der Waals surface area contributed by atoms with E-state index in [1.54, 1.807) is 31.4 Å². The Kier molecular flexibility index (Phi) is 8.45. The third kappa shape index (κ3) is 6.10. The van der Waals surface area contributed by atoms with Crippen LogP contribution in [0.1, 0.15) is 42.1 Å². The first kappa shape index (κ1) is 23.0. The molecule has 0 aliphatic rings. The second kappa shape index (κ2) is 11.0. The summed E-state index contributed by atoms with van der Waals surface area (Å²) in [5.74, 6) is -0.770. The zero-order chi connectivity index (χ0) is 22.1. The fraction of sp³-hybridized carbons (Fsp3) is 0.333. The number of hydrogen-bond acceptors (Lipinski definition) is 6. The lowest BCUT2D eigenvalue weighted by molar-refractivity contribution is -0.307. The average Bonchev–Trinajstić information content (AvgIpc) is 2.72. The summed E-state index contributed by atoms with van der Waals surface area (Å²) >= 11 is 0. The number of hydrogen-bond donors (Lipinski definition) is 1. The zero-order valence-electron chi connectivity index (χ0n) is 17.7. The Balaban J connectivity index is 2.54. The number of nitrogens with one attached hydrogen (secondary N) is 1. The Morgan fingerprint density at radius 3 is 2.50 bits per heavy atom. The highest BCUT2D eigenvalue weighted by Gasteiger charge is 2.22. The molecule has 0 heterocycles.